The van der Waals surface area contributed by atoms with Gasteiger partial charge in [0.05, 0.1) is 11.4 Å². The number of benzene rings is 8. The van der Waals surface area contributed by atoms with Gasteiger partial charge in [-0.05, 0) is 69.6 Å². The summed E-state index contributed by atoms with van der Waals surface area (Å²) in [5, 5.41) is 2.25. The summed E-state index contributed by atoms with van der Waals surface area (Å²) in [6.07, 6.45) is 0. The Labute approximate surface area is 331 Å². The van der Waals surface area contributed by atoms with Crippen molar-refractivity contribution in [2.45, 2.75) is 12.3 Å². The van der Waals surface area contributed by atoms with E-state index < -0.39 is 0 Å². The van der Waals surface area contributed by atoms with Crippen molar-refractivity contribution in [1.82, 2.24) is 9.97 Å². The number of nitrogens with zero attached hydrogens (tertiary/aromatic N) is 2. The molecule has 3 nitrogen and oxygen atoms in total. The highest BCUT2D eigenvalue weighted by atomic mass is 16.3. The van der Waals surface area contributed by atoms with E-state index in [0.29, 0.717) is 5.82 Å². The molecular weight excluding hydrogens is 693 g/mol. The van der Waals surface area contributed by atoms with Gasteiger partial charge in [0.2, 0.25) is 0 Å². The van der Waals surface area contributed by atoms with Crippen molar-refractivity contribution in [3.8, 4) is 67.3 Å². The van der Waals surface area contributed by atoms with E-state index >= 15 is 0 Å². The van der Waals surface area contributed by atoms with Gasteiger partial charge in [-0.25, -0.2) is 9.97 Å². The number of furan rings is 1. The van der Waals surface area contributed by atoms with Crippen LogP contribution in [-0.4, -0.2) is 9.97 Å². The van der Waals surface area contributed by atoms with E-state index in [1.54, 1.807) is 0 Å². The maximum atomic E-state index is 6.36. The van der Waals surface area contributed by atoms with Gasteiger partial charge in [-0.15, -0.1) is 0 Å². The molecule has 0 saturated heterocycles. The molecule has 0 fully saturated rings. The molecule has 57 heavy (non-hydrogen) atoms. The third kappa shape index (κ3) is 5.43. The lowest BCUT2D eigenvalue weighted by atomic mass is 9.74. The van der Waals surface area contributed by atoms with Crippen molar-refractivity contribution in [3.63, 3.8) is 0 Å². The molecule has 1 aliphatic carbocycles. The summed E-state index contributed by atoms with van der Waals surface area (Å²) in [5.41, 5.74) is 17.5. The standard InChI is InChI=1S/C54H36N2O/c1-54(41-15-6-3-7-16-41)47-21-10-8-17-43(47)44-32-31-40(33-48(44)54)35-23-27-37(28-24-35)49-34-50(56-53(55-49)39-13-4-2-5-14-39)38-29-25-36(26-30-38)42-19-12-20-46-45-18-9-11-22-51(45)57-52(42)46/h2-34H,1H3. The largest absolute Gasteiger partial charge is 0.455 e. The lowest BCUT2D eigenvalue weighted by Gasteiger charge is -2.28. The molecule has 0 saturated carbocycles. The van der Waals surface area contributed by atoms with Gasteiger partial charge in [-0.2, -0.15) is 0 Å². The number of hydrogen-bond donors (Lipinski definition) is 0. The van der Waals surface area contributed by atoms with Crippen molar-refractivity contribution >= 4 is 21.9 Å². The first-order chi connectivity index (χ1) is 28.1. The van der Waals surface area contributed by atoms with Crippen LogP contribution in [0.1, 0.15) is 23.6 Å². The molecular formula is C54H36N2O. The fourth-order valence-corrected chi connectivity index (χ4v) is 8.84. The van der Waals surface area contributed by atoms with Crippen LogP contribution in [0.25, 0.3) is 89.2 Å². The molecule has 8 aromatic carbocycles. The van der Waals surface area contributed by atoms with Crippen LogP contribution in [0.2, 0.25) is 0 Å². The van der Waals surface area contributed by atoms with Crippen LogP contribution in [0.15, 0.2) is 205 Å². The van der Waals surface area contributed by atoms with Gasteiger partial charge < -0.3 is 4.42 Å². The van der Waals surface area contributed by atoms with Crippen LogP contribution in [0.3, 0.4) is 0 Å². The third-order valence-corrected chi connectivity index (χ3v) is 11.8. The van der Waals surface area contributed by atoms with Crippen LogP contribution >= 0.6 is 0 Å². The summed E-state index contributed by atoms with van der Waals surface area (Å²) in [7, 11) is 0. The molecule has 3 heteroatoms. The minimum Gasteiger partial charge on any atom is -0.455 e. The Morgan fingerprint density at radius 1 is 0.386 bits per heavy atom. The smallest absolute Gasteiger partial charge is 0.160 e. The molecule has 1 aliphatic rings. The predicted octanol–water partition coefficient (Wildman–Crippen LogP) is 14.0. The van der Waals surface area contributed by atoms with Gasteiger partial charge in [0.1, 0.15) is 11.2 Å². The number of hydrogen-bond acceptors (Lipinski definition) is 3. The van der Waals surface area contributed by atoms with Crippen molar-refractivity contribution in [1.29, 1.82) is 0 Å². The zero-order valence-corrected chi connectivity index (χ0v) is 31.4. The Hall–Kier alpha value is -7.36. The zero-order valence-electron chi connectivity index (χ0n) is 31.4. The van der Waals surface area contributed by atoms with E-state index in [2.05, 4.69) is 177 Å². The highest BCUT2D eigenvalue weighted by molar-refractivity contribution is 6.09. The van der Waals surface area contributed by atoms with Gasteiger partial charge in [0.15, 0.2) is 5.82 Å². The second kappa shape index (κ2) is 13.1. The van der Waals surface area contributed by atoms with Crippen LogP contribution in [0.4, 0.5) is 0 Å². The van der Waals surface area contributed by atoms with E-state index in [1.165, 1.54) is 38.9 Å². The molecule has 1 unspecified atom stereocenters. The molecule has 2 aromatic heterocycles. The average molecular weight is 729 g/mol. The molecule has 1 atom stereocenters. The van der Waals surface area contributed by atoms with E-state index in [4.69, 9.17) is 14.4 Å². The SMILES string of the molecule is CC1(c2ccccc2)c2ccccc2-c2ccc(-c3ccc(-c4cc(-c5ccc(-c6cccc7c6oc6ccccc67)cc5)nc(-c5ccccc5)n4)cc3)cc21. The summed E-state index contributed by atoms with van der Waals surface area (Å²) in [6, 6.07) is 71.0. The van der Waals surface area contributed by atoms with Gasteiger partial charge in [-0.3, -0.25) is 0 Å². The monoisotopic (exact) mass is 728 g/mol. The molecule has 0 amide bonds. The minimum atomic E-state index is -0.243. The summed E-state index contributed by atoms with van der Waals surface area (Å²) in [6.45, 7) is 2.37. The molecule has 268 valence electrons. The Morgan fingerprint density at radius 2 is 0.947 bits per heavy atom. The van der Waals surface area contributed by atoms with Gasteiger partial charge >= 0.3 is 0 Å². The first-order valence-electron chi connectivity index (χ1n) is 19.5. The maximum absolute atomic E-state index is 6.36. The van der Waals surface area contributed by atoms with Crippen molar-refractivity contribution in [2.75, 3.05) is 0 Å². The highest BCUT2D eigenvalue weighted by Crippen LogP contribution is 2.53. The van der Waals surface area contributed by atoms with Crippen LogP contribution in [-0.2, 0) is 5.41 Å². The topological polar surface area (TPSA) is 38.9 Å². The van der Waals surface area contributed by atoms with Gasteiger partial charge in [0, 0.05) is 38.4 Å². The predicted molar refractivity (Wildman–Crippen MR) is 234 cm³/mol. The molecule has 10 aromatic rings. The second-order valence-electron chi connectivity index (χ2n) is 15.1. The van der Waals surface area contributed by atoms with Crippen LogP contribution in [0, 0.1) is 0 Å². The Kier molecular flexibility index (Phi) is 7.61. The third-order valence-electron chi connectivity index (χ3n) is 11.8. The summed E-state index contributed by atoms with van der Waals surface area (Å²) >= 11 is 0. The number of aromatic nitrogens is 2. The fraction of sp³-hybridized carbons (Fsp3) is 0.0370. The minimum absolute atomic E-state index is 0.243. The quantitative estimate of drug-likeness (QED) is 0.171. The summed E-state index contributed by atoms with van der Waals surface area (Å²) in [4.78, 5) is 10.2. The molecule has 0 aliphatic heterocycles. The summed E-state index contributed by atoms with van der Waals surface area (Å²) < 4.78 is 6.36. The van der Waals surface area contributed by atoms with E-state index in [1.807, 2.05) is 30.3 Å². The number of rotatable bonds is 6. The van der Waals surface area contributed by atoms with Crippen molar-refractivity contribution < 1.29 is 4.42 Å². The van der Waals surface area contributed by atoms with Crippen LogP contribution in [0.5, 0.6) is 0 Å². The van der Waals surface area contributed by atoms with Crippen molar-refractivity contribution in [3.05, 3.63) is 217 Å². The molecule has 0 radical (unpaired) electrons. The molecule has 0 bridgehead atoms. The molecule has 11 rings (SSSR count). The Bertz CT molecular complexity index is 3110. The highest BCUT2D eigenvalue weighted by Gasteiger charge is 2.40. The van der Waals surface area contributed by atoms with Gasteiger partial charge in [-0.1, -0.05) is 182 Å². The normalized spacial score (nSPS) is 14.5. The van der Waals surface area contributed by atoms with Crippen LogP contribution < -0.4 is 0 Å². The van der Waals surface area contributed by atoms with Crippen molar-refractivity contribution in [2.24, 2.45) is 0 Å². The molecule has 0 spiro atoms. The summed E-state index contributed by atoms with van der Waals surface area (Å²) in [5.74, 6) is 0.696. The zero-order chi connectivity index (χ0) is 37.9. The van der Waals surface area contributed by atoms with E-state index in [-0.39, 0.29) is 5.41 Å². The molecule has 2 heterocycles. The first-order valence-corrected chi connectivity index (χ1v) is 19.5. The number of para-hydroxylation sites is 2. The second-order valence-corrected chi connectivity index (χ2v) is 15.1. The molecule has 0 N–H and O–H groups in total. The fourth-order valence-electron chi connectivity index (χ4n) is 8.84. The van der Waals surface area contributed by atoms with E-state index in [9.17, 15) is 0 Å². The lowest BCUT2D eigenvalue weighted by Crippen LogP contribution is -2.22. The Balaban J connectivity index is 0.958. The van der Waals surface area contributed by atoms with E-state index in [0.717, 1.165) is 61.1 Å². The lowest BCUT2D eigenvalue weighted by molar-refractivity contribution is 0.670. The first kappa shape index (κ1) is 33.0. The maximum Gasteiger partial charge on any atom is 0.160 e. The van der Waals surface area contributed by atoms with Gasteiger partial charge in [0.25, 0.3) is 0 Å². The number of fused-ring (bicyclic) bond motifs is 6. The Morgan fingerprint density at radius 3 is 1.70 bits per heavy atom. The average Bonchev–Trinajstić information content (AvgIpc) is 3.80.